The van der Waals surface area contributed by atoms with Gasteiger partial charge in [0.25, 0.3) is 17.7 Å². The summed E-state index contributed by atoms with van der Waals surface area (Å²) in [6.45, 7) is 5.77. The van der Waals surface area contributed by atoms with Crippen molar-refractivity contribution in [1.29, 1.82) is 0 Å². The number of aliphatic imine (C=N–C) groups is 1. The van der Waals surface area contributed by atoms with Gasteiger partial charge < -0.3 is 19.3 Å². The van der Waals surface area contributed by atoms with Crippen molar-refractivity contribution in [2.45, 2.75) is 25.3 Å². The number of thioether (sulfide) groups is 1. The van der Waals surface area contributed by atoms with Gasteiger partial charge in [-0.2, -0.15) is 0 Å². The molecule has 10 nitrogen and oxygen atoms in total. The third-order valence-electron chi connectivity index (χ3n) is 9.37. The van der Waals surface area contributed by atoms with E-state index in [9.17, 15) is 14.4 Å². The van der Waals surface area contributed by atoms with E-state index in [0.717, 1.165) is 73.6 Å². The van der Waals surface area contributed by atoms with Crippen LogP contribution < -0.4 is 9.47 Å². The number of rotatable bonds is 9. The SMILES string of the molecule is COc1cc2c(cc1OCCSC(=S)N1CCN(CCCN3C(=O)c4cccc5cccc(c45)C3=O)CC1)N=C[C@@H]1CCCN1C2=O. The fraction of sp³-hybridized carbons (Fsp3) is 0.400. The van der Waals surface area contributed by atoms with Gasteiger partial charge in [0, 0.05) is 73.8 Å². The van der Waals surface area contributed by atoms with Crippen molar-refractivity contribution < 1.29 is 23.9 Å². The second-order valence-corrected chi connectivity index (χ2v) is 13.9. The largest absolute Gasteiger partial charge is 0.493 e. The minimum Gasteiger partial charge on any atom is -0.493 e. The fourth-order valence-corrected chi connectivity index (χ4v) is 8.02. The van der Waals surface area contributed by atoms with E-state index in [1.807, 2.05) is 47.5 Å². The lowest BCUT2D eigenvalue weighted by molar-refractivity contribution is 0.0600. The van der Waals surface area contributed by atoms with E-state index < -0.39 is 0 Å². The van der Waals surface area contributed by atoms with Crippen LogP contribution in [0.5, 0.6) is 11.5 Å². The predicted octanol–water partition coefficient (Wildman–Crippen LogP) is 4.87. The molecule has 4 heterocycles. The summed E-state index contributed by atoms with van der Waals surface area (Å²) in [5.74, 6) is 1.32. The highest BCUT2D eigenvalue weighted by Gasteiger charge is 2.34. The van der Waals surface area contributed by atoms with Gasteiger partial charge in [-0.1, -0.05) is 48.2 Å². The van der Waals surface area contributed by atoms with Crippen molar-refractivity contribution in [3.63, 3.8) is 0 Å². The lowest BCUT2D eigenvalue weighted by Gasteiger charge is -2.36. The number of methoxy groups -OCH3 is 1. The maximum atomic E-state index is 13.2. The number of nitrogens with zero attached hydrogens (tertiary/aromatic N) is 5. The second kappa shape index (κ2) is 13.6. The molecule has 3 aromatic rings. The predicted molar refractivity (Wildman–Crippen MR) is 188 cm³/mol. The van der Waals surface area contributed by atoms with Crippen molar-refractivity contribution in [3.8, 4) is 11.5 Å². The highest BCUT2D eigenvalue weighted by atomic mass is 32.2. The minimum atomic E-state index is -0.208. The molecule has 47 heavy (non-hydrogen) atoms. The highest BCUT2D eigenvalue weighted by molar-refractivity contribution is 8.22. The van der Waals surface area contributed by atoms with Crippen LogP contribution in [0.3, 0.4) is 0 Å². The van der Waals surface area contributed by atoms with E-state index in [4.69, 9.17) is 21.7 Å². The second-order valence-electron chi connectivity index (χ2n) is 12.1. The summed E-state index contributed by atoms with van der Waals surface area (Å²) in [5.41, 5.74) is 2.36. The van der Waals surface area contributed by atoms with Gasteiger partial charge in [0.1, 0.15) is 4.32 Å². The van der Waals surface area contributed by atoms with Crippen LogP contribution in [0.2, 0.25) is 0 Å². The smallest absolute Gasteiger partial charge is 0.261 e. The van der Waals surface area contributed by atoms with Gasteiger partial charge >= 0.3 is 0 Å². The molecule has 1 atom stereocenters. The number of imide groups is 1. The molecule has 12 heteroatoms. The summed E-state index contributed by atoms with van der Waals surface area (Å²) < 4.78 is 12.5. The molecule has 3 amide bonds. The number of carbonyl (C=O) groups is 3. The molecule has 0 radical (unpaired) electrons. The summed E-state index contributed by atoms with van der Waals surface area (Å²) in [5, 5.41) is 1.68. The van der Waals surface area contributed by atoms with Gasteiger partial charge in [0.15, 0.2) is 11.5 Å². The van der Waals surface area contributed by atoms with Crippen LogP contribution in [0.4, 0.5) is 5.69 Å². The first-order chi connectivity index (χ1) is 22.9. The maximum absolute atomic E-state index is 13.2. The normalized spacial score (nSPS) is 19.2. The minimum absolute atomic E-state index is 0.0118. The van der Waals surface area contributed by atoms with Crippen LogP contribution in [0.15, 0.2) is 53.5 Å². The average Bonchev–Trinajstić information content (AvgIpc) is 3.53. The molecule has 7 rings (SSSR count). The van der Waals surface area contributed by atoms with Crippen LogP contribution in [0, 0.1) is 0 Å². The highest BCUT2D eigenvalue weighted by Crippen LogP contribution is 2.38. The van der Waals surface area contributed by atoms with E-state index in [-0.39, 0.29) is 23.8 Å². The van der Waals surface area contributed by atoms with E-state index >= 15 is 0 Å². The summed E-state index contributed by atoms with van der Waals surface area (Å²) in [4.78, 5) is 52.0. The molecule has 0 aromatic heterocycles. The Hall–Kier alpha value is -4.00. The third kappa shape index (κ3) is 6.21. The van der Waals surface area contributed by atoms with E-state index in [1.165, 1.54) is 4.90 Å². The lowest BCUT2D eigenvalue weighted by atomic mass is 9.94. The van der Waals surface area contributed by atoms with Gasteiger partial charge in [0.2, 0.25) is 0 Å². The number of hydrogen-bond donors (Lipinski definition) is 0. The quantitative estimate of drug-likeness (QED) is 0.180. The molecular weight excluding hydrogens is 635 g/mol. The van der Waals surface area contributed by atoms with E-state index in [1.54, 1.807) is 31.0 Å². The molecule has 4 aliphatic heterocycles. The zero-order chi connectivity index (χ0) is 32.5. The Morgan fingerprint density at radius 3 is 2.38 bits per heavy atom. The molecule has 0 aliphatic carbocycles. The van der Waals surface area contributed by atoms with Crippen molar-refractivity contribution in [2.75, 3.05) is 65.3 Å². The number of benzene rings is 3. The molecule has 3 aromatic carbocycles. The summed E-state index contributed by atoms with van der Waals surface area (Å²) in [6.07, 6.45) is 4.52. The van der Waals surface area contributed by atoms with Crippen LogP contribution in [0.25, 0.3) is 10.8 Å². The van der Waals surface area contributed by atoms with Gasteiger partial charge in [0.05, 0.1) is 31.0 Å². The Labute approximate surface area is 283 Å². The third-order valence-corrected chi connectivity index (χ3v) is 10.9. The van der Waals surface area contributed by atoms with Crippen LogP contribution in [-0.2, 0) is 0 Å². The maximum Gasteiger partial charge on any atom is 0.261 e. The zero-order valence-corrected chi connectivity index (χ0v) is 28.0. The van der Waals surface area contributed by atoms with Crippen molar-refractivity contribution in [3.05, 3.63) is 65.2 Å². The summed E-state index contributed by atoms with van der Waals surface area (Å²) in [6, 6.07) is 14.8. The first-order valence-electron chi connectivity index (χ1n) is 16.1. The molecule has 0 N–H and O–H groups in total. The lowest BCUT2D eigenvalue weighted by Crippen LogP contribution is -2.48. The van der Waals surface area contributed by atoms with E-state index in [2.05, 4.69) is 14.8 Å². The fourth-order valence-electron chi connectivity index (χ4n) is 6.88. The van der Waals surface area contributed by atoms with Crippen LogP contribution in [-0.4, -0.2) is 119 Å². The van der Waals surface area contributed by atoms with E-state index in [0.29, 0.717) is 52.8 Å². The van der Waals surface area contributed by atoms with Gasteiger partial charge in [-0.05, 0) is 49.4 Å². The molecule has 0 unspecified atom stereocenters. The number of ether oxygens (including phenoxy) is 2. The monoisotopic (exact) mass is 671 g/mol. The summed E-state index contributed by atoms with van der Waals surface area (Å²) >= 11 is 7.33. The molecule has 4 aliphatic rings. The van der Waals surface area contributed by atoms with Crippen molar-refractivity contribution in [1.82, 2.24) is 19.6 Å². The van der Waals surface area contributed by atoms with Crippen molar-refractivity contribution in [2.24, 2.45) is 4.99 Å². The van der Waals surface area contributed by atoms with Crippen LogP contribution in [0.1, 0.15) is 50.3 Å². The van der Waals surface area contributed by atoms with Gasteiger partial charge in [-0.3, -0.25) is 29.2 Å². The molecule has 2 fully saturated rings. The molecule has 2 saturated heterocycles. The van der Waals surface area contributed by atoms with Crippen LogP contribution >= 0.6 is 24.0 Å². The number of amides is 3. The average molecular weight is 672 g/mol. The Kier molecular flexibility index (Phi) is 9.15. The van der Waals surface area contributed by atoms with Crippen molar-refractivity contribution >= 4 is 68.7 Å². The first-order valence-corrected chi connectivity index (χ1v) is 17.5. The number of carbonyl (C=O) groups excluding carboxylic acids is 3. The molecular formula is C35H37N5O5S2. The molecule has 0 spiro atoms. The number of hydrogen-bond acceptors (Lipinski definition) is 9. The Morgan fingerprint density at radius 1 is 0.915 bits per heavy atom. The standard InChI is InChI=1S/C35H37N5O5S2/c1-44-29-20-27-28(36-22-24-8-4-12-39(24)34(27)43)21-30(29)45-18-19-47-35(46)38-16-14-37(15-17-38)11-5-13-40-32(41)25-9-2-6-23-7-3-10-26(31(23)25)33(40)42/h2-3,6-7,9-10,20-22,24H,4-5,8,11-19H2,1H3/t24-/m0/s1. The topological polar surface area (TPSA) is 95.0 Å². The molecule has 244 valence electrons. The summed E-state index contributed by atoms with van der Waals surface area (Å²) in [7, 11) is 1.58. The zero-order valence-electron chi connectivity index (χ0n) is 26.4. The number of thiocarbonyl (C=S) groups is 1. The number of fused-ring (bicyclic) bond motifs is 2. The Morgan fingerprint density at radius 2 is 1.66 bits per heavy atom. The Bertz CT molecular complexity index is 1720. The molecule has 0 saturated carbocycles. The number of piperazine rings is 1. The Balaban J connectivity index is 0.850. The van der Waals surface area contributed by atoms with Gasteiger partial charge in [-0.15, -0.1) is 0 Å². The molecule has 0 bridgehead atoms. The van der Waals surface area contributed by atoms with Gasteiger partial charge in [-0.25, -0.2) is 0 Å². The first kappa shape index (κ1) is 31.6.